The third-order valence-corrected chi connectivity index (χ3v) is 3.54. The van der Waals surface area contributed by atoms with Gasteiger partial charge in [-0.1, -0.05) is 18.2 Å². The summed E-state index contributed by atoms with van der Waals surface area (Å²) >= 11 is 1.66. The second-order valence-corrected chi connectivity index (χ2v) is 5.42. The van der Waals surface area contributed by atoms with E-state index in [1.807, 2.05) is 17.5 Å². The van der Waals surface area contributed by atoms with Crippen LogP contribution in [0.15, 0.2) is 23.7 Å². The van der Waals surface area contributed by atoms with Gasteiger partial charge in [0, 0.05) is 18.0 Å². The Bertz CT molecular complexity index is 528. The molecule has 0 unspecified atom stereocenters. The largest absolute Gasteiger partial charge is 0.349 e. The summed E-state index contributed by atoms with van der Waals surface area (Å²) in [6, 6.07) is 4.03. The topological polar surface area (TPSA) is 71.8 Å². The number of nitrogens with one attached hydrogen (secondary N) is 2. The molecule has 0 spiro atoms. The van der Waals surface area contributed by atoms with Gasteiger partial charge in [-0.25, -0.2) is 4.68 Å². The van der Waals surface area contributed by atoms with E-state index in [-0.39, 0.29) is 18.3 Å². The molecule has 2 rings (SSSR count). The predicted octanol–water partition coefficient (Wildman–Crippen LogP) is 1.54. The molecule has 0 aliphatic carbocycles. The number of thiophene rings is 1. The van der Waals surface area contributed by atoms with Gasteiger partial charge in [0.25, 0.3) is 5.91 Å². The lowest BCUT2D eigenvalue weighted by molar-refractivity contribution is 0.0949. The van der Waals surface area contributed by atoms with E-state index in [0.29, 0.717) is 18.8 Å². The molecule has 2 aromatic heterocycles. The minimum absolute atomic E-state index is 0. The van der Waals surface area contributed by atoms with Gasteiger partial charge in [-0.05, 0) is 24.4 Å². The summed E-state index contributed by atoms with van der Waals surface area (Å²) in [4.78, 5) is 13.0. The Morgan fingerprint density at radius 2 is 2.24 bits per heavy atom. The van der Waals surface area contributed by atoms with Crippen LogP contribution in [0, 0.1) is 0 Å². The summed E-state index contributed by atoms with van der Waals surface area (Å²) in [5.74, 6) is -0.180. The van der Waals surface area contributed by atoms with Crippen LogP contribution in [0.3, 0.4) is 0 Å². The average Bonchev–Trinajstić information content (AvgIpc) is 3.10. The highest BCUT2D eigenvalue weighted by Gasteiger charge is 2.10. The van der Waals surface area contributed by atoms with Crippen molar-refractivity contribution in [2.24, 2.45) is 0 Å². The quantitative estimate of drug-likeness (QED) is 0.721. The minimum atomic E-state index is -0.180. The van der Waals surface area contributed by atoms with Gasteiger partial charge in [0.05, 0.1) is 12.7 Å². The third-order valence-electron chi connectivity index (χ3n) is 2.68. The van der Waals surface area contributed by atoms with Crippen molar-refractivity contribution in [2.75, 3.05) is 19.6 Å². The first-order chi connectivity index (χ1) is 9.79. The highest BCUT2D eigenvalue weighted by atomic mass is 35.5. The summed E-state index contributed by atoms with van der Waals surface area (Å²) < 4.78 is 1.68. The Morgan fingerprint density at radius 1 is 1.38 bits per heavy atom. The Morgan fingerprint density at radius 3 is 2.95 bits per heavy atom. The summed E-state index contributed by atoms with van der Waals surface area (Å²) in [5, 5.41) is 15.9. The van der Waals surface area contributed by atoms with Crippen molar-refractivity contribution in [1.29, 1.82) is 0 Å². The van der Waals surface area contributed by atoms with Gasteiger partial charge in [0.2, 0.25) is 0 Å². The summed E-state index contributed by atoms with van der Waals surface area (Å²) in [6.07, 6.45) is 2.76. The van der Waals surface area contributed by atoms with Crippen molar-refractivity contribution in [3.8, 4) is 0 Å². The monoisotopic (exact) mass is 329 g/mol. The van der Waals surface area contributed by atoms with Crippen molar-refractivity contribution in [1.82, 2.24) is 25.6 Å². The number of halogens is 1. The lowest BCUT2D eigenvalue weighted by atomic mass is 10.4. The van der Waals surface area contributed by atoms with Crippen LogP contribution >= 0.6 is 23.7 Å². The Hall–Kier alpha value is -1.44. The van der Waals surface area contributed by atoms with Gasteiger partial charge < -0.3 is 10.6 Å². The molecule has 0 aliphatic rings. The molecule has 0 saturated carbocycles. The average molecular weight is 330 g/mol. The molecule has 0 bridgehead atoms. The van der Waals surface area contributed by atoms with Crippen LogP contribution < -0.4 is 10.6 Å². The van der Waals surface area contributed by atoms with Crippen LogP contribution in [0.25, 0.3) is 0 Å². The van der Waals surface area contributed by atoms with Crippen molar-refractivity contribution < 1.29 is 4.79 Å². The van der Waals surface area contributed by atoms with Crippen molar-refractivity contribution in [2.45, 2.75) is 19.9 Å². The maximum atomic E-state index is 11.8. The van der Waals surface area contributed by atoms with E-state index >= 15 is 0 Å². The second-order valence-electron chi connectivity index (χ2n) is 4.39. The number of amides is 1. The van der Waals surface area contributed by atoms with Gasteiger partial charge in [0.1, 0.15) is 0 Å². The van der Waals surface area contributed by atoms with Gasteiger partial charge in [-0.3, -0.25) is 4.79 Å². The van der Waals surface area contributed by atoms with Crippen LogP contribution in [0.5, 0.6) is 0 Å². The van der Waals surface area contributed by atoms with Gasteiger partial charge in [-0.15, -0.1) is 28.8 Å². The van der Waals surface area contributed by atoms with Crippen LogP contribution in [0.2, 0.25) is 0 Å². The zero-order valence-electron chi connectivity index (χ0n) is 11.9. The fraction of sp³-hybridized carbons (Fsp3) is 0.462. The molecule has 2 N–H and O–H groups in total. The fourth-order valence-corrected chi connectivity index (χ4v) is 2.39. The standard InChI is InChI=1S/C13H19N5OS.ClH/c1-2-5-14-6-7-15-13(19)12-10-18(17-16-12)9-11-4-3-8-20-11;/h3-4,8,10,14H,2,5-7,9H2,1H3,(H,15,19);1H. The van der Waals surface area contributed by atoms with E-state index in [4.69, 9.17) is 0 Å². The van der Waals surface area contributed by atoms with Gasteiger partial charge in [0.15, 0.2) is 5.69 Å². The highest BCUT2D eigenvalue weighted by molar-refractivity contribution is 7.09. The normalized spacial score (nSPS) is 10.1. The number of hydrogen-bond acceptors (Lipinski definition) is 5. The van der Waals surface area contributed by atoms with Crippen molar-refractivity contribution in [3.05, 3.63) is 34.3 Å². The van der Waals surface area contributed by atoms with Crippen molar-refractivity contribution >= 4 is 29.7 Å². The maximum absolute atomic E-state index is 11.8. The summed E-state index contributed by atoms with van der Waals surface area (Å²) in [5.41, 5.74) is 0.358. The first kappa shape index (κ1) is 17.6. The zero-order valence-corrected chi connectivity index (χ0v) is 13.5. The molecule has 2 heterocycles. The van der Waals surface area contributed by atoms with Crippen LogP contribution in [0.1, 0.15) is 28.7 Å². The minimum Gasteiger partial charge on any atom is -0.349 e. The molecular weight excluding hydrogens is 310 g/mol. The molecule has 0 aromatic carbocycles. The Kier molecular flexibility index (Phi) is 7.96. The molecule has 6 nitrogen and oxygen atoms in total. The van der Waals surface area contributed by atoms with E-state index in [9.17, 15) is 4.79 Å². The van der Waals surface area contributed by atoms with Crippen LogP contribution in [-0.2, 0) is 6.54 Å². The Balaban J connectivity index is 0.00000220. The van der Waals surface area contributed by atoms with Gasteiger partial charge in [-0.2, -0.15) is 0 Å². The maximum Gasteiger partial charge on any atom is 0.273 e. The predicted molar refractivity (Wildman–Crippen MR) is 86.2 cm³/mol. The number of carbonyl (C=O) groups excluding carboxylic acids is 1. The lowest BCUT2D eigenvalue weighted by Crippen LogP contribution is -2.32. The van der Waals surface area contributed by atoms with E-state index in [0.717, 1.165) is 19.5 Å². The molecule has 8 heteroatoms. The third kappa shape index (κ3) is 5.82. The zero-order chi connectivity index (χ0) is 14.2. The molecule has 116 valence electrons. The second kappa shape index (κ2) is 9.49. The molecule has 2 aromatic rings. The summed E-state index contributed by atoms with van der Waals surface area (Å²) in [6.45, 7) is 5.08. The van der Waals surface area contributed by atoms with E-state index < -0.39 is 0 Å². The van der Waals surface area contributed by atoms with Crippen molar-refractivity contribution in [3.63, 3.8) is 0 Å². The van der Waals surface area contributed by atoms with E-state index in [2.05, 4.69) is 27.9 Å². The molecule has 0 radical (unpaired) electrons. The SMILES string of the molecule is CCCNCCNC(=O)c1cn(Cc2cccs2)nn1.Cl. The van der Waals surface area contributed by atoms with Crippen LogP contribution in [-0.4, -0.2) is 40.5 Å². The number of nitrogens with zero attached hydrogens (tertiary/aromatic N) is 3. The summed E-state index contributed by atoms with van der Waals surface area (Å²) in [7, 11) is 0. The highest BCUT2D eigenvalue weighted by Crippen LogP contribution is 2.09. The van der Waals surface area contributed by atoms with E-state index in [1.165, 1.54) is 4.88 Å². The first-order valence-corrected chi connectivity index (χ1v) is 7.59. The van der Waals surface area contributed by atoms with Crippen LogP contribution in [0.4, 0.5) is 0 Å². The Labute approximate surface area is 134 Å². The molecule has 1 amide bonds. The number of rotatable bonds is 8. The molecular formula is C13H20ClN5OS. The number of carbonyl (C=O) groups is 1. The van der Waals surface area contributed by atoms with E-state index in [1.54, 1.807) is 22.2 Å². The molecule has 0 atom stereocenters. The molecule has 0 aliphatic heterocycles. The molecule has 0 fully saturated rings. The van der Waals surface area contributed by atoms with Gasteiger partial charge >= 0.3 is 0 Å². The number of hydrogen-bond donors (Lipinski definition) is 2. The molecule has 0 saturated heterocycles. The molecule has 21 heavy (non-hydrogen) atoms. The fourth-order valence-electron chi connectivity index (χ4n) is 1.70. The first-order valence-electron chi connectivity index (χ1n) is 6.71. The number of aromatic nitrogens is 3. The lowest BCUT2D eigenvalue weighted by Gasteiger charge is -2.03. The smallest absolute Gasteiger partial charge is 0.273 e.